The number of carbonyl (C=O) groups excluding carboxylic acids is 2. The van der Waals surface area contributed by atoms with Gasteiger partial charge in [0.25, 0.3) is 0 Å². The predicted molar refractivity (Wildman–Crippen MR) is 135 cm³/mol. The molecule has 3 aromatic carbocycles. The van der Waals surface area contributed by atoms with E-state index in [0.717, 1.165) is 11.1 Å². The van der Waals surface area contributed by atoms with Gasteiger partial charge in [0.15, 0.2) is 0 Å². The summed E-state index contributed by atoms with van der Waals surface area (Å²) in [5.74, 6) is 0.0921. The van der Waals surface area contributed by atoms with E-state index in [2.05, 4.69) is 15.6 Å². The summed E-state index contributed by atoms with van der Waals surface area (Å²) < 4.78 is 11.9. The lowest BCUT2D eigenvalue weighted by Gasteiger charge is -2.31. The molecule has 1 atom stereocenters. The van der Waals surface area contributed by atoms with Crippen LogP contribution in [0, 0.1) is 0 Å². The van der Waals surface area contributed by atoms with Crippen LogP contribution in [0.2, 0.25) is 0 Å². The molecule has 0 fully saturated rings. The van der Waals surface area contributed by atoms with E-state index in [-0.39, 0.29) is 24.9 Å². The molecular weight excluding hydrogens is 458 g/mol. The first-order chi connectivity index (χ1) is 17.6. The van der Waals surface area contributed by atoms with Crippen LogP contribution in [0.1, 0.15) is 17.2 Å². The van der Waals surface area contributed by atoms with Gasteiger partial charge in [0.05, 0.1) is 19.2 Å². The first-order valence-corrected chi connectivity index (χ1v) is 11.6. The zero-order valence-electron chi connectivity index (χ0n) is 20.3. The summed E-state index contributed by atoms with van der Waals surface area (Å²) in [6.07, 6.45) is 0. The van der Waals surface area contributed by atoms with Crippen LogP contribution in [0.3, 0.4) is 0 Å². The molecule has 2 amide bonds. The smallest absolute Gasteiger partial charge is 0.247 e. The van der Waals surface area contributed by atoms with Crippen molar-refractivity contribution in [3.05, 3.63) is 90.0 Å². The first-order valence-electron chi connectivity index (χ1n) is 11.6. The van der Waals surface area contributed by atoms with Crippen molar-refractivity contribution < 1.29 is 19.1 Å². The number of para-hydroxylation sites is 1. The van der Waals surface area contributed by atoms with E-state index in [0.29, 0.717) is 30.0 Å². The van der Waals surface area contributed by atoms with Crippen LogP contribution in [0.5, 0.6) is 5.75 Å². The fourth-order valence-corrected chi connectivity index (χ4v) is 3.99. The maximum Gasteiger partial charge on any atom is 0.247 e. The molecule has 36 heavy (non-hydrogen) atoms. The Labute approximate surface area is 209 Å². The van der Waals surface area contributed by atoms with E-state index >= 15 is 0 Å². The van der Waals surface area contributed by atoms with Crippen molar-refractivity contribution in [2.24, 2.45) is 0 Å². The molecule has 0 bridgehead atoms. The molecule has 0 aliphatic carbocycles. The number of carbonyl (C=O) groups is 2. The van der Waals surface area contributed by atoms with E-state index in [1.165, 1.54) is 0 Å². The number of methoxy groups -OCH3 is 2. The van der Waals surface area contributed by atoms with Crippen molar-refractivity contribution in [1.29, 1.82) is 0 Å². The number of benzene rings is 3. The topological polar surface area (TPSA) is 98.6 Å². The molecule has 1 aromatic heterocycles. The van der Waals surface area contributed by atoms with Crippen LogP contribution >= 0.6 is 0 Å². The van der Waals surface area contributed by atoms with Gasteiger partial charge in [0.2, 0.25) is 11.8 Å². The Morgan fingerprint density at radius 3 is 2.42 bits per heavy atom. The van der Waals surface area contributed by atoms with Crippen molar-refractivity contribution >= 4 is 22.8 Å². The van der Waals surface area contributed by atoms with Crippen LogP contribution in [0.15, 0.2) is 78.9 Å². The maximum atomic E-state index is 13.8. The van der Waals surface area contributed by atoms with E-state index in [1.54, 1.807) is 48.1 Å². The van der Waals surface area contributed by atoms with Crippen molar-refractivity contribution in [2.45, 2.75) is 19.1 Å². The minimum atomic E-state index is -0.879. The summed E-state index contributed by atoms with van der Waals surface area (Å²) in [4.78, 5) is 28.9. The molecule has 0 saturated heterocycles. The molecular formula is C27H29N5O4. The Hall–Kier alpha value is -4.24. The predicted octanol–water partition coefficient (Wildman–Crippen LogP) is 2.97. The maximum absolute atomic E-state index is 13.8. The molecule has 0 aliphatic heterocycles. The minimum absolute atomic E-state index is 0.0641. The fraction of sp³-hybridized carbons (Fsp3) is 0.259. The highest BCUT2D eigenvalue weighted by Gasteiger charge is 2.32. The molecule has 0 unspecified atom stereocenters. The molecule has 1 heterocycles. The van der Waals surface area contributed by atoms with Gasteiger partial charge in [-0.2, -0.15) is 0 Å². The van der Waals surface area contributed by atoms with Crippen LogP contribution in [0.4, 0.5) is 0 Å². The average molecular weight is 488 g/mol. The number of hydrogen-bond acceptors (Lipinski definition) is 6. The van der Waals surface area contributed by atoms with Gasteiger partial charge in [-0.25, -0.2) is 4.68 Å². The summed E-state index contributed by atoms with van der Waals surface area (Å²) in [6.45, 7) is 0.855. The largest absolute Gasteiger partial charge is 0.497 e. The van der Waals surface area contributed by atoms with Crippen LogP contribution in [0.25, 0.3) is 11.0 Å². The number of rotatable bonds is 11. The third-order valence-electron chi connectivity index (χ3n) is 5.82. The molecule has 0 saturated carbocycles. The minimum Gasteiger partial charge on any atom is -0.497 e. The summed E-state index contributed by atoms with van der Waals surface area (Å²) >= 11 is 0. The quantitative estimate of drug-likeness (QED) is 0.327. The highest BCUT2D eigenvalue weighted by Crippen LogP contribution is 2.26. The van der Waals surface area contributed by atoms with Crippen LogP contribution in [-0.2, 0) is 27.4 Å². The number of ether oxygens (including phenoxy) is 2. The third kappa shape index (κ3) is 5.87. The second-order valence-electron chi connectivity index (χ2n) is 8.20. The Morgan fingerprint density at radius 1 is 0.972 bits per heavy atom. The number of nitrogens with zero attached hydrogens (tertiary/aromatic N) is 4. The van der Waals surface area contributed by atoms with Crippen molar-refractivity contribution in [2.75, 3.05) is 27.4 Å². The molecule has 0 radical (unpaired) electrons. The summed E-state index contributed by atoms with van der Waals surface area (Å²) in [7, 11) is 3.15. The zero-order valence-corrected chi connectivity index (χ0v) is 20.3. The molecule has 9 heteroatoms. The number of fused-ring (bicyclic) bond motifs is 1. The molecule has 186 valence electrons. The molecule has 1 N–H and O–H groups in total. The lowest BCUT2D eigenvalue weighted by atomic mass is 10.0. The van der Waals surface area contributed by atoms with Crippen LogP contribution in [-0.4, -0.2) is 59.1 Å². The van der Waals surface area contributed by atoms with E-state index < -0.39 is 6.04 Å². The number of hydrogen-bond donors (Lipinski definition) is 1. The number of nitrogens with one attached hydrogen (secondary N) is 1. The highest BCUT2D eigenvalue weighted by atomic mass is 16.5. The summed E-state index contributed by atoms with van der Waals surface area (Å²) in [6, 6.07) is 23.3. The number of aromatic nitrogens is 3. The molecule has 0 aliphatic rings. The molecule has 9 nitrogen and oxygen atoms in total. The van der Waals surface area contributed by atoms with Gasteiger partial charge in [0, 0.05) is 20.2 Å². The van der Waals surface area contributed by atoms with Gasteiger partial charge in [-0.1, -0.05) is 59.8 Å². The van der Waals surface area contributed by atoms with E-state index in [1.807, 2.05) is 54.6 Å². The lowest BCUT2D eigenvalue weighted by Crippen LogP contribution is -2.45. The molecule has 4 aromatic rings. The Morgan fingerprint density at radius 2 is 1.69 bits per heavy atom. The van der Waals surface area contributed by atoms with Gasteiger partial charge < -0.3 is 19.7 Å². The third-order valence-corrected chi connectivity index (χ3v) is 5.82. The fourth-order valence-electron chi connectivity index (χ4n) is 3.99. The number of amides is 2. The van der Waals surface area contributed by atoms with E-state index in [4.69, 9.17) is 9.47 Å². The van der Waals surface area contributed by atoms with Crippen molar-refractivity contribution in [1.82, 2.24) is 25.2 Å². The second kappa shape index (κ2) is 11.9. The van der Waals surface area contributed by atoms with E-state index in [9.17, 15) is 9.59 Å². The second-order valence-corrected chi connectivity index (χ2v) is 8.20. The monoisotopic (exact) mass is 487 g/mol. The zero-order chi connectivity index (χ0) is 25.3. The van der Waals surface area contributed by atoms with Gasteiger partial charge in [-0.15, -0.1) is 5.10 Å². The standard InChI is InChI=1S/C27H29N5O4/c1-35-17-16-28-27(34)26(21-12-14-22(36-2)15-13-21)31(18-20-8-4-3-5-9-20)25(33)19-32-24-11-7-6-10-23(24)29-30-32/h3-15,26H,16-19H2,1-2H3,(H,28,34)/t26-/m0/s1. The highest BCUT2D eigenvalue weighted by molar-refractivity contribution is 5.89. The summed E-state index contributed by atoms with van der Waals surface area (Å²) in [5.41, 5.74) is 3.01. The van der Waals surface area contributed by atoms with Gasteiger partial charge in [-0.3, -0.25) is 9.59 Å². The van der Waals surface area contributed by atoms with Crippen LogP contribution < -0.4 is 10.1 Å². The summed E-state index contributed by atoms with van der Waals surface area (Å²) in [5, 5.41) is 11.2. The van der Waals surface area contributed by atoms with Crippen molar-refractivity contribution in [3.63, 3.8) is 0 Å². The SMILES string of the molecule is COCCNC(=O)[C@H](c1ccc(OC)cc1)N(Cc1ccccc1)C(=O)Cn1nnc2ccccc21. The first kappa shape index (κ1) is 24.9. The Balaban J connectivity index is 1.71. The Kier molecular flexibility index (Phi) is 8.25. The average Bonchev–Trinajstić information content (AvgIpc) is 3.32. The Bertz CT molecular complexity index is 1290. The molecule has 0 spiro atoms. The van der Waals surface area contributed by atoms with Crippen molar-refractivity contribution in [3.8, 4) is 5.75 Å². The lowest BCUT2D eigenvalue weighted by molar-refractivity contribution is -0.142. The normalized spacial score (nSPS) is 11.7. The van der Waals surface area contributed by atoms with Gasteiger partial charge >= 0.3 is 0 Å². The van der Waals surface area contributed by atoms with Gasteiger partial charge in [-0.05, 0) is 35.4 Å². The van der Waals surface area contributed by atoms with Gasteiger partial charge in [0.1, 0.15) is 23.9 Å². The molecule has 4 rings (SSSR count).